The normalized spacial score (nSPS) is 17.5. The molecule has 0 unspecified atom stereocenters. The summed E-state index contributed by atoms with van der Waals surface area (Å²) in [6.45, 7) is 0. The molecular formula is C17H13BrClNO3S. The van der Waals surface area contributed by atoms with Crippen LogP contribution in [0.2, 0.25) is 5.02 Å². The lowest BCUT2D eigenvalue weighted by Crippen LogP contribution is -2.32. The molecule has 3 rings (SSSR count). The molecule has 4 nitrogen and oxygen atoms in total. The van der Waals surface area contributed by atoms with Gasteiger partial charge in [0.15, 0.2) is 0 Å². The Morgan fingerprint density at radius 3 is 2.75 bits per heavy atom. The highest BCUT2D eigenvalue weighted by Gasteiger charge is 2.40. The van der Waals surface area contributed by atoms with Gasteiger partial charge in [-0.25, -0.2) is 4.90 Å². The summed E-state index contributed by atoms with van der Waals surface area (Å²) in [6, 6.07) is 12.3. The number of benzene rings is 2. The van der Waals surface area contributed by atoms with Crippen LogP contribution in [0, 0.1) is 0 Å². The van der Waals surface area contributed by atoms with Gasteiger partial charge in [-0.15, -0.1) is 0 Å². The fourth-order valence-electron chi connectivity index (χ4n) is 2.54. The molecule has 0 saturated carbocycles. The quantitative estimate of drug-likeness (QED) is 0.696. The zero-order valence-electron chi connectivity index (χ0n) is 12.7. The third kappa shape index (κ3) is 3.45. The second-order valence-corrected chi connectivity index (χ2v) is 7.69. The van der Waals surface area contributed by atoms with Gasteiger partial charge in [0.05, 0.1) is 18.0 Å². The number of hydrogen-bond donors (Lipinski definition) is 0. The van der Waals surface area contributed by atoms with Crippen LogP contribution in [0.25, 0.3) is 0 Å². The largest absolute Gasteiger partial charge is 0.496 e. The number of carbonyl (C=O) groups excluding carboxylic acids is 2. The van der Waals surface area contributed by atoms with E-state index in [0.29, 0.717) is 22.9 Å². The molecule has 1 heterocycles. The first-order valence-corrected chi connectivity index (χ1v) is 9.17. The van der Waals surface area contributed by atoms with E-state index in [-0.39, 0.29) is 11.1 Å². The first-order valence-electron chi connectivity index (χ1n) is 7.12. The van der Waals surface area contributed by atoms with Crippen LogP contribution >= 0.6 is 39.3 Å². The molecule has 124 valence electrons. The maximum absolute atomic E-state index is 12.7. The van der Waals surface area contributed by atoms with E-state index < -0.39 is 5.25 Å². The molecule has 0 bridgehead atoms. The summed E-state index contributed by atoms with van der Waals surface area (Å²) < 4.78 is 6.24. The van der Waals surface area contributed by atoms with Gasteiger partial charge in [-0.3, -0.25) is 9.59 Å². The zero-order chi connectivity index (χ0) is 17.3. The topological polar surface area (TPSA) is 46.6 Å². The predicted octanol–water partition coefficient (Wildman–Crippen LogP) is 4.92. The summed E-state index contributed by atoms with van der Waals surface area (Å²) in [7, 11) is 1.58. The van der Waals surface area contributed by atoms with Crippen LogP contribution in [-0.4, -0.2) is 23.5 Å². The molecule has 0 radical (unpaired) electrons. The van der Waals surface area contributed by atoms with Gasteiger partial charge < -0.3 is 4.74 Å². The van der Waals surface area contributed by atoms with Crippen LogP contribution in [0.4, 0.5) is 10.5 Å². The SMILES string of the molecule is COc1ccc(Br)cc1C[C@H]1SC(=O)N(c2cccc(Cl)c2)C1=O. The van der Waals surface area contributed by atoms with Crippen molar-refractivity contribution in [3.8, 4) is 5.75 Å². The Balaban J connectivity index is 1.86. The van der Waals surface area contributed by atoms with E-state index in [1.54, 1.807) is 31.4 Å². The van der Waals surface area contributed by atoms with Crippen molar-refractivity contribution >= 4 is 56.1 Å². The fourth-order valence-corrected chi connectivity index (χ4v) is 4.15. The Labute approximate surface area is 157 Å². The Morgan fingerprint density at radius 1 is 1.25 bits per heavy atom. The van der Waals surface area contributed by atoms with Gasteiger partial charge in [-0.05, 0) is 48.4 Å². The molecule has 7 heteroatoms. The summed E-state index contributed by atoms with van der Waals surface area (Å²) in [5.41, 5.74) is 1.37. The third-order valence-electron chi connectivity index (χ3n) is 3.64. The van der Waals surface area contributed by atoms with Gasteiger partial charge in [0.1, 0.15) is 5.75 Å². The summed E-state index contributed by atoms with van der Waals surface area (Å²) in [4.78, 5) is 26.2. The van der Waals surface area contributed by atoms with Gasteiger partial charge in [0, 0.05) is 9.50 Å². The van der Waals surface area contributed by atoms with Crippen molar-refractivity contribution in [3.63, 3.8) is 0 Å². The number of hydrogen-bond acceptors (Lipinski definition) is 4. The average molecular weight is 427 g/mol. The van der Waals surface area contributed by atoms with Gasteiger partial charge in [0.2, 0.25) is 5.91 Å². The van der Waals surface area contributed by atoms with Crippen molar-refractivity contribution in [2.75, 3.05) is 12.0 Å². The van der Waals surface area contributed by atoms with Gasteiger partial charge in [-0.2, -0.15) is 0 Å². The summed E-state index contributed by atoms with van der Waals surface area (Å²) in [5.74, 6) is 0.453. The minimum absolute atomic E-state index is 0.241. The van der Waals surface area contributed by atoms with Gasteiger partial charge in [0.25, 0.3) is 5.24 Å². The average Bonchev–Trinajstić information content (AvgIpc) is 2.81. The molecule has 1 aliphatic rings. The molecule has 24 heavy (non-hydrogen) atoms. The van der Waals surface area contributed by atoms with E-state index in [4.69, 9.17) is 16.3 Å². The highest BCUT2D eigenvalue weighted by Crippen LogP contribution is 2.36. The Kier molecular flexibility index (Phi) is 5.18. The minimum Gasteiger partial charge on any atom is -0.496 e. The number of thioether (sulfide) groups is 1. The number of methoxy groups -OCH3 is 1. The molecule has 0 aromatic heterocycles. The molecule has 1 atom stereocenters. The Hall–Kier alpha value is -1.50. The lowest BCUT2D eigenvalue weighted by Gasteiger charge is -2.15. The van der Waals surface area contributed by atoms with E-state index >= 15 is 0 Å². The maximum atomic E-state index is 12.7. The van der Waals surface area contributed by atoms with Crippen LogP contribution in [0.1, 0.15) is 5.56 Å². The van der Waals surface area contributed by atoms with E-state index in [1.807, 2.05) is 18.2 Å². The number of amides is 2. The van der Waals surface area contributed by atoms with Crippen molar-refractivity contribution in [2.45, 2.75) is 11.7 Å². The Bertz CT molecular complexity index is 814. The molecule has 2 amide bonds. The number of carbonyl (C=O) groups is 2. The fraction of sp³-hybridized carbons (Fsp3) is 0.176. The molecule has 2 aromatic carbocycles. The molecule has 0 aliphatic carbocycles. The van der Waals surface area contributed by atoms with E-state index in [9.17, 15) is 9.59 Å². The van der Waals surface area contributed by atoms with Crippen molar-refractivity contribution in [1.82, 2.24) is 0 Å². The van der Waals surface area contributed by atoms with Crippen LogP contribution in [0.3, 0.4) is 0 Å². The number of ether oxygens (including phenoxy) is 1. The minimum atomic E-state index is -0.486. The van der Waals surface area contributed by atoms with Crippen LogP contribution in [-0.2, 0) is 11.2 Å². The van der Waals surface area contributed by atoms with Crippen molar-refractivity contribution in [3.05, 3.63) is 57.5 Å². The van der Waals surface area contributed by atoms with Crippen LogP contribution in [0.5, 0.6) is 5.75 Å². The predicted molar refractivity (Wildman–Crippen MR) is 100 cm³/mol. The number of halogens is 2. The first-order chi connectivity index (χ1) is 11.5. The third-order valence-corrected chi connectivity index (χ3v) is 5.40. The molecule has 1 fully saturated rings. The van der Waals surface area contributed by atoms with Crippen molar-refractivity contribution in [1.29, 1.82) is 0 Å². The lowest BCUT2D eigenvalue weighted by atomic mass is 10.1. The van der Waals surface area contributed by atoms with E-state index in [2.05, 4.69) is 15.9 Å². The standard InChI is InChI=1S/C17H13BrClNO3S/c1-23-14-6-5-11(18)7-10(14)8-15-16(21)20(17(22)24-15)13-4-2-3-12(19)9-13/h2-7,9,15H,8H2,1H3/t15-/m1/s1. The molecule has 1 saturated heterocycles. The number of rotatable bonds is 4. The summed E-state index contributed by atoms with van der Waals surface area (Å²) in [6.07, 6.45) is 0.412. The molecule has 0 N–H and O–H groups in total. The van der Waals surface area contributed by atoms with Crippen molar-refractivity contribution in [2.24, 2.45) is 0 Å². The first kappa shape index (κ1) is 17.3. The number of anilines is 1. The van der Waals surface area contributed by atoms with Gasteiger partial charge >= 0.3 is 0 Å². The summed E-state index contributed by atoms with van der Waals surface area (Å²) in [5, 5.41) is -0.295. The monoisotopic (exact) mass is 425 g/mol. The van der Waals surface area contributed by atoms with Crippen LogP contribution < -0.4 is 9.64 Å². The number of imide groups is 1. The van der Waals surface area contributed by atoms with E-state index in [0.717, 1.165) is 21.8 Å². The lowest BCUT2D eigenvalue weighted by molar-refractivity contribution is -0.117. The van der Waals surface area contributed by atoms with Crippen LogP contribution in [0.15, 0.2) is 46.9 Å². The van der Waals surface area contributed by atoms with E-state index in [1.165, 1.54) is 4.90 Å². The molecular weight excluding hydrogens is 414 g/mol. The maximum Gasteiger partial charge on any atom is 0.293 e. The zero-order valence-corrected chi connectivity index (χ0v) is 15.8. The number of nitrogens with zero attached hydrogens (tertiary/aromatic N) is 1. The second-order valence-electron chi connectivity index (χ2n) is 5.19. The molecule has 2 aromatic rings. The van der Waals surface area contributed by atoms with Crippen molar-refractivity contribution < 1.29 is 14.3 Å². The highest BCUT2D eigenvalue weighted by molar-refractivity contribution is 9.10. The second kappa shape index (κ2) is 7.17. The van der Waals surface area contributed by atoms with Gasteiger partial charge in [-0.1, -0.05) is 45.4 Å². The Morgan fingerprint density at radius 2 is 2.04 bits per heavy atom. The highest BCUT2D eigenvalue weighted by atomic mass is 79.9. The smallest absolute Gasteiger partial charge is 0.293 e. The summed E-state index contributed by atoms with van der Waals surface area (Å²) >= 11 is 10.4. The molecule has 0 spiro atoms. The molecule has 1 aliphatic heterocycles.